The van der Waals surface area contributed by atoms with Crippen LogP contribution in [0.5, 0.6) is 0 Å². The highest BCUT2D eigenvalue weighted by molar-refractivity contribution is 5.76. The highest BCUT2D eigenvalue weighted by Crippen LogP contribution is 2.17. The third kappa shape index (κ3) is 3.05. The summed E-state index contributed by atoms with van der Waals surface area (Å²) in [5.41, 5.74) is 0. The van der Waals surface area contributed by atoms with E-state index in [1.54, 1.807) is 6.92 Å². The standard InChI is InChI=1S/C11H19N3O2/c1-4-7-9-12-10(14-13-9)8(5-2)11(15)16-6-3/h8H,4-7H2,1-3H3,(H,12,13,14). The molecule has 1 aromatic heterocycles. The van der Waals surface area contributed by atoms with Crippen molar-refractivity contribution in [2.45, 2.75) is 46.0 Å². The van der Waals surface area contributed by atoms with Gasteiger partial charge >= 0.3 is 5.97 Å². The van der Waals surface area contributed by atoms with Crippen LogP contribution in [0, 0.1) is 0 Å². The van der Waals surface area contributed by atoms with Gasteiger partial charge in [-0.05, 0) is 19.8 Å². The van der Waals surface area contributed by atoms with Crippen molar-refractivity contribution in [1.29, 1.82) is 0 Å². The lowest BCUT2D eigenvalue weighted by Crippen LogP contribution is -2.16. The number of aryl methyl sites for hydroxylation is 1. The van der Waals surface area contributed by atoms with E-state index in [9.17, 15) is 4.79 Å². The zero-order chi connectivity index (χ0) is 12.0. The third-order valence-corrected chi connectivity index (χ3v) is 2.33. The monoisotopic (exact) mass is 225 g/mol. The summed E-state index contributed by atoms with van der Waals surface area (Å²) in [4.78, 5) is 15.9. The molecule has 0 amide bonds. The van der Waals surface area contributed by atoms with Gasteiger partial charge in [0, 0.05) is 6.42 Å². The van der Waals surface area contributed by atoms with E-state index in [4.69, 9.17) is 4.74 Å². The van der Waals surface area contributed by atoms with Crippen molar-refractivity contribution >= 4 is 5.97 Å². The minimum atomic E-state index is -0.346. The Labute approximate surface area is 95.6 Å². The number of nitrogens with one attached hydrogen (secondary N) is 1. The second kappa shape index (κ2) is 6.25. The van der Waals surface area contributed by atoms with E-state index in [-0.39, 0.29) is 11.9 Å². The maximum absolute atomic E-state index is 11.6. The zero-order valence-corrected chi connectivity index (χ0v) is 10.1. The maximum atomic E-state index is 11.6. The van der Waals surface area contributed by atoms with Gasteiger partial charge in [0.05, 0.1) is 6.61 Å². The average Bonchev–Trinajstić information content (AvgIpc) is 2.68. The predicted octanol–water partition coefficient (Wildman–Crippen LogP) is 1.81. The molecule has 1 rings (SSSR count). The smallest absolute Gasteiger partial charge is 0.316 e. The normalized spacial score (nSPS) is 12.4. The molecule has 0 saturated carbocycles. The van der Waals surface area contributed by atoms with Crippen molar-refractivity contribution in [1.82, 2.24) is 15.2 Å². The van der Waals surface area contributed by atoms with Crippen LogP contribution in [-0.4, -0.2) is 27.8 Å². The van der Waals surface area contributed by atoms with Gasteiger partial charge in [0.1, 0.15) is 11.7 Å². The molecular weight excluding hydrogens is 206 g/mol. The molecule has 90 valence electrons. The fourth-order valence-electron chi connectivity index (χ4n) is 1.51. The Morgan fingerprint density at radius 1 is 1.44 bits per heavy atom. The van der Waals surface area contributed by atoms with Crippen LogP contribution in [0.2, 0.25) is 0 Å². The molecule has 5 nitrogen and oxygen atoms in total. The number of aromatic amines is 1. The molecule has 5 heteroatoms. The molecule has 0 aliphatic rings. The van der Waals surface area contributed by atoms with Crippen LogP contribution in [0.1, 0.15) is 51.2 Å². The van der Waals surface area contributed by atoms with Gasteiger partial charge in [-0.25, -0.2) is 4.98 Å². The first kappa shape index (κ1) is 12.7. The highest BCUT2D eigenvalue weighted by atomic mass is 16.5. The van der Waals surface area contributed by atoms with E-state index in [1.165, 1.54) is 0 Å². The van der Waals surface area contributed by atoms with E-state index >= 15 is 0 Å². The lowest BCUT2D eigenvalue weighted by atomic mass is 10.1. The molecule has 0 saturated heterocycles. The molecule has 0 bridgehead atoms. The van der Waals surface area contributed by atoms with Crippen LogP contribution in [0.3, 0.4) is 0 Å². The van der Waals surface area contributed by atoms with Crippen LogP contribution in [-0.2, 0) is 16.0 Å². The van der Waals surface area contributed by atoms with E-state index < -0.39 is 0 Å². The number of hydrogen-bond acceptors (Lipinski definition) is 4. The largest absolute Gasteiger partial charge is 0.465 e. The number of nitrogens with zero attached hydrogens (tertiary/aromatic N) is 2. The van der Waals surface area contributed by atoms with E-state index in [0.717, 1.165) is 18.7 Å². The Morgan fingerprint density at radius 3 is 2.75 bits per heavy atom. The van der Waals surface area contributed by atoms with Crippen molar-refractivity contribution in [2.75, 3.05) is 6.61 Å². The fraction of sp³-hybridized carbons (Fsp3) is 0.727. The second-order valence-electron chi connectivity index (χ2n) is 3.60. The lowest BCUT2D eigenvalue weighted by Gasteiger charge is -2.09. The molecule has 1 atom stereocenters. The molecule has 1 heterocycles. The third-order valence-electron chi connectivity index (χ3n) is 2.33. The average molecular weight is 225 g/mol. The minimum Gasteiger partial charge on any atom is -0.465 e. The van der Waals surface area contributed by atoms with Crippen molar-refractivity contribution in [3.05, 3.63) is 11.6 Å². The Kier molecular flexibility index (Phi) is 4.95. The Bertz CT molecular complexity index is 336. The van der Waals surface area contributed by atoms with Gasteiger partial charge < -0.3 is 4.74 Å². The summed E-state index contributed by atoms with van der Waals surface area (Å²) in [5, 5.41) is 6.92. The van der Waals surface area contributed by atoms with Crippen LogP contribution >= 0.6 is 0 Å². The molecular formula is C11H19N3O2. The lowest BCUT2D eigenvalue weighted by molar-refractivity contribution is -0.145. The molecule has 0 aliphatic heterocycles. The minimum absolute atomic E-state index is 0.243. The van der Waals surface area contributed by atoms with Gasteiger partial charge in [0.25, 0.3) is 0 Å². The first-order valence-corrected chi connectivity index (χ1v) is 5.80. The van der Waals surface area contributed by atoms with Gasteiger partial charge in [-0.1, -0.05) is 13.8 Å². The number of rotatable bonds is 6. The van der Waals surface area contributed by atoms with Gasteiger partial charge in [-0.15, -0.1) is 0 Å². The number of carbonyl (C=O) groups excluding carboxylic acids is 1. The summed E-state index contributed by atoms with van der Waals surface area (Å²) in [6.07, 6.45) is 2.51. The van der Waals surface area contributed by atoms with Gasteiger partial charge in [-0.3, -0.25) is 9.89 Å². The Hall–Kier alpha value is -1.39. The molecule has 0 radical (unpaired) electrons. The van der Waals surface area contributed by atoms with E-state index in [2.05, 4.69) is 22.1 Å². The topological polar surface area (TPSA) is 67.9 Å². The molecule has 1 aromatic rings. The van der Waals surface area contributed by atoms with Gasteiger partial charge in [-0.2, -0.15) is 5.10 Å². The van der Waals surface area contributed by atoms with Gasteiger partial charge in [0.15, 0.2) is 5.82 Å². The number of hydrogen-bond donors (Lipinski definition) is 1. The van der Waals surface area contributed by atoms with Crippen LogP contribution < -0.4 is 0 Å². The summed E-state index contributed by atoms with van der Waals surface area (Å²) in [6, 6.07) is 0. The number of carbonyl (C=O) groups is 1. The summed E-state index contributed by atoms with van der Waals surface area (Å²) < 4.78 is 4.99. The van der Waals surface area contributed by atoms with Crippen LogP contribution in [0.15, 0.2) is 0 Å². The number of aromatic nitrogens is 3. The maximum Gasteiger partial charge on any atom is 0.316 e. The zero-order valence-electron chi connectivity index (χ0n) is 10.1. The molecule has 16 heavy (non-hydrogen) atoms. The Balaban J connectivity index is 2.74. The summed E-state index contributed by atoms with van der Waals surface area (Å²) in [6.45, 7) is 6.19. The number of esters is 1. The molecule has 1 unspecified atom stereocenters. The summed E-state index contributed by atoms with van der Waals surface area (Å²) in [7, 11) is 0. The predicted molar refractivity (Wildman–Crippen MR) is 60.0 cm³/mol. The molecule has 0 aliphatic carbocycles. The molecule has 0 fully saturated rings. The number of H-pyrrole nitrogens is 1. The molecule has 0 aromatic carbocycles. The Morgan fingerprint density at radius 2 is 2.19 bits per heavy atom. The SMILES string of the molecule is CCCc1nc(C(CC)C(=O)OCC)n[nH]1. The number of ether oxygens (including phenoxy) is 1. The summed E-state index contributed by atoms with van der Waals surface area (Å²) >= 11 is 0. The second-order valence-corrected chi connectivity index (χ2v) is 3.60. The fourth-order valence-corrected chi connectivity index (χ4v) is 1.51. The first-order chi connectivity index (χ1) is 7.72. The van der Waals surface area contributed by atoms with Crippen molar-refractivity contribution in [3.63, 3.8) is 0 Å². The van der Waals surface area contributed by atoms with E-state index in [0.29, 0.717) is 18.9 Å². The van der Waals surface area contributed by atoms with Crippen molar-refractivity contribution in [2.24, 2.45) is 0 Å². The van der Waals surface area contributed by atoms with Crippen LogP contribution in [0.25, 0.3) is 0 Å². The van der Waals surface area contributed by atoms with Crippen LogP contribution in [0.4, 0.5) is 0 Å². The van der Waals surface area contributed by atoms with E-state index in [1.807, 2.05) is 6.92 Å². The quantitative estimate of drug-likeness (QED) is 0.750. The van der Waals surface area contributed by atoms with Crippen molar-refractivity contribution < 1.29 is 9.53 Å². The molecule has 0 spiro atoms. The molecule has 1 N–H and O–H groups in total. The van der Waals surface area contributed by atoms with Gasteiger partial charge in [0.2, 0.25) is 0 Å². The van der Waals surface area contributed by atoms with Crippen molar-refractivity contribution in [3.8, 4) is 0 Å². The summed E-state index contributed by atoms with van der Waals surface area (Å²) in [5.74, 6) is 0.790. The highest BCUT2D eigenvalue weighted by Gasteiger charge is 2.24. The first-order valence-electron chi connectivity index (χ1n) is 5.80.